The summed E-state index contributed by atoms with van der Waals surface area (Å²) in [4.78, 5) is 13.0. The number of rotatable bonds is 2. The van der Waals surface area contributed by atoms with Crippen LogP contribution in [0, 0.1) is 0 Å². The van der Waals surface area contributed by atoms with Crippen molar-refractivity contribution in [3.63, 3.8) is 0 Å². The Morgan fingerprint density at radius 3 is 2.56 bits per heavy atom. The van der Waals surface area contributed by atoms with Gasteiger partial charge >= 0.3 is 0 Å². The van der Waals surface area contributed by atoms with Crippen molar-refractivity contribution in [2.45, 2.75) is 25.8 Å². The molecule has 3 aromatic carbocycles. The summed E-state index contributed by atoms with van der Waals surface area (Å²) in [5, 5.41) is 5.62. The summed E-state index contributed by atoms with van der Waals surface area (Å²) in [6, 6.07) is 22.2. The van der Waals surface area contributed by atoms with E-state index in [1.807, 2.05) is 48.5 Å². The molecule has 4 rings (SSSR count). The zero-order valence-corrected chi connectivity index (χ0v) is 14.5. The second-order valence-corrected chi connectivity index (χ2v) is 7.29. The molecule has 0 spiro atoms. The third-order valence-electron chi connectivity index (χ3n) is 4.74. The van der Waals surface area contributed by atoms with Crippen LogP contribution in [-0.2, 0) is 6.42 Å². The molecule has 1 heterocycles. The van der Waals surface area contributed by atoms with Gasteiger partial charge in [-0.2, -0.15) is 0 Å². The summed E-state index contributed by atoms with van der Waals surface area (Å²) in [7, 11) is 0. The largest absolute Gasteiger partial charge is 0.379 e. The van der Waals surface area contributed by atoms with E-state index in [0.29, 0.717) is 0 Å². The van der Waals surface area contributed by atoms with Gasteiger partial charge in [0.2, 0.25) is 0 Å². The van der Waals surface area contributed by atoms with Crippen LogP contribution in [0.3, 0.4) is 0 Å². The number of benzene rings is 3. The van der Waals surface area contributed by atoms with Gasteiger partial charge in [-0.1, -0.05) is 66.7 Å². The monoisotopic (exact) mass is 327 g/mol. The van der Waals surface area contributed by atoms with Crippen LogP contribution >= 0.6 is 0 Å². The second kappa shape index (κ2) is 5.89. The molecule has 0 radical (unpaired) electrons. The van der Waals surface area contributed by atoms with E-state index in [9.17, 15) is 4.79 Å². The molecule has 0 amide bonds. The fourth-order valence-corrected chi connectivity index (χ4v) is 3.65. The molecule has 0 saturated heterocycles. The third kappa shape index (κ3) is 2.96. The molecule has 3 aromatic rings. The third-order valence-corrected chi connectivity index (χ3v) is 4.74. The number of carbonyl (C=O) groups excluding carboxylic acids is 1. The summed E-state index contributed by atoms with van der Waals surface area (Å²) in [6.07, 6.45) is 2.70. The fourth-order valence-electron chi connectivity index (χ4n) is 3.65. The number of allylic oxidation sites excluding steroid dienone is 1. The van der Waals surface area contributed by atoms with Gasteiger partial charge in [0.1, 0.15) is 0 Å². The first-order valence-corrected chi connectivity index (χ1v) is 8.64. The van der Waals surface area contributed by atoms with E-state index in [1.54, 1.807) is 6.08 Å². The molecule has 0 atom stereocenters. The van der Waals surface area contributed by atoms with Crippen LogP contribution < -0.4 is 5.32 Å². The van der Waals surface area contributed by atoms with Gasteiger partial charge in [-0.05, 0) is 36.6 Å². The van der Waals surface area contributed by atoms with Crippen molar-refractivity contribution >= 4 is 22.3 Å². The van der Waals surface area contributed by atoms with Crippen LogP contribution in [0.5, 0.6) is 0 Å². The minimum absolute atomic E-state index is 0.0341. The second-order valence-electron chi connectivity index (χ2n) is 7.29. The quantitative estimate of drug-likeness (QED) is 0.531. The predicted octanol–water partition coefficient (Wildman–Crippen LogP) is 4.99. The zero-order chi connectivity index (χ0) is 17.4. The summed E-state index contributed by atoms with van der Waals surface area (Å²) in [5.41, 5.74) is 3.98. The van der Waals surface area contributed by atoms with Crippen molar-refractivity contribution in [1.82, 2.24) is 5.32 Å². The number of carbonyl (C=O) groups is 1. The molecule has 1 aliphatic rings. The molecule has 0 aromatic heterocycles. The van der Waals surface area contributed by atoms with Gasteiger partial charge in [-0.15, -0.1) is 0 Å². The lowest BCUT2D eigenvalue weighted by atomic mass is 9.85. The molecule has 25 heavy (non-hydrogen) atoms. The number of ketones is 1. The molecule has 1 N–H and O–H groups in total. The van der Waals surface area contributed by atoms with Gasteiger partial charge in [0, 0.05) is 28.4 Å². The van der Waals surface area contributed by atoms with E-state index in [-0.39, 0.29) is 11.3 Å². The van der Waals surface area contributed by atoms with Crippen molar-refractivity contribution in [2.75, 3.05) is 0 Å². The van der Waals surface area contributed by atoms with Gasteiger partial charge in [-0.25, -0.2) is 0 Å². The van der Waals surface area contributed by atoms with Crippen molar-refractivity contribution in [3.8, 4) is 0 Å². The number of hydrogen-bond donors (Lipinski definition) is 1. The number of hydrogen-bond acceptors (Lipinski definition) is 2. The maximum atomic E-state index is 13.0. The first-order chi connectivity index (χ1) is 12.0. The molecule has 124 valence electrons. The molecule has 0 unspecified atom stereocenters. The minimum atomic E-state index is -0.0702. The van der Waals surface area contributed by atoms with Crippen LogP contribution in [0.2, 0.25) is 0 Å². The van der Waals surface area contributed by atoms with Crippen LogP contribution in [0.4, 0.5) is 0 Å². The van der Waals surface area contributed by atoms with E-state index in [2.05, 4.69) is 37.4 Å². The van der Waals surface area contributed by atoms with E-state index >= 15 is 0 Å². The van der Waals surface area contributed by atoms with E-state index in [1.165, 1.54) is 5.56 Å². The van der Waals surface area contributed by atoms with Gasteiger partial charge in [0.25, 0.3) is 0 Å². The molecule has 0 aliphatic carbocycles. The Hall–Kier alpha value is -2.87. The van der Waals surface area contributed by atoms with Crippen LogP contribution in [-0.4, -0.2) is 11.3 Å². The first-order valence-electron chi connectivity index (χ1n) is 8.64. The molecular formula is C23H21NO. The van der Waals surface area contributed by atoms with Crippen molar-refractivity contribution < 1.29 is 4.79 Å². The molecule has 1 aliphatic heterocycles. The Balaban J connectivity index is 1.81. The highest BCUT2D eigenvalue weighted by atomic mass is 16.1. The maximum absolute atomic E-state index is 13.0. The highest BCUT2D eigenvalue weighted by Crippen LogP contribution is 2.30. The maximum Gasteiger partial charge on any atom is 0.188 e. The average molecular weight is 327 g/mol. The first kappa shape index (κ1) is 15.6. The number of nitrogens with one attached hydrogen (secondary N) is 1. The summed E-state index contributed by atoms with van der Waals surface area (Å²) in [6.45, 7) is 4.33. The van der Waals surface area contributed by atoms with Gasteiger partial charge in [-0.3, -0.25) is 4.79 Å². The zero-order valence-electron chi connectivity index (χ0n) is 14.5. The Bertz CT molecular complexity index is 992. The highest BCUT2D eigenvalue weighted by Gasteiger charge is 2.27. The van der Waals surface area contributed by atoms with Gasteiger partial charge < -0.3 is 5.32 Å². The average Bonchev–Trinajstić information content (AvgIpc) is 2.60. The van der Waals surface area contributed by atoms with Crippen LogP contribution in [0.25, 0.3) is 16.5 Å². The highest BCUT2D eigenvalue weighted by molar-refractivity contribution is 6.15. The Morgan fingerprint density at radius 2 is 1.68 bits per heavy atom. The predicted molar refractivity (Wildman–Crippen MR) is 104 cm³/mol. The minimum Gasteiger partial charge on any atom is -0.379 e. The molecule has 0 fully saturated rings. The van der Waals surface area contributed by atoms with E-state index in [0.717, 1.165) is 34.0 Å². The smallest absolute Gasteiger partial charge is 0.188 e. The normalized spacial score (nSPS) is 17.1. The lowest BCUT2D eigenvalue weighted by molar-refractivity contribution is 0.104. The summed E-state index contributed by atoms with van der Waals surface area (Å²) in [5.74, 6) is 0.0341. The lowest BCUT2D eigenvalue weighted by Gasteiger charge is -2.35. The van der Waals surface area contributed by atoms with Crippen LogP contribution in [0.15, 0.2) is 72.8 Å². The standard InChI is InChI=1S/C23H21NO/c1-23(2)15-17-9-4-6-12-19(17)21(24-23)14-22(25)20-13-7-10-16-8-3-5-11-18(16)20/h3-14,24H,15H2,1-2H3/b21-14-. The Morgan fingerprint density at radius 1 is 0.960 bits per heavy atom. The Kier molecular flexibility index (Phi) is 3.69. The Labute approximate surface area is 148 Å². The van der Waals surface area contributed by atoms with E-state index in [4.69, 9.17) is 0 Å². The SMILES string of the molecule is CC1(C)Cc2ccccc2/C(=C/C(=O)c2cccc3ccccc23)N1. The molecule has 0 bridgehead atoms. The molecule has 2 heteroatoms. The van der Waals surface area contributed by atoms with Crippen molar-refractivity contribution in [1.29, 1.82) is 0 Å². The van der Waals surface area contributed by atoms with Crippen LogP contribution in [0.1, 0.15) is 35.3 Å². The molecule has 2 nitrogen and oxygen atoms in total. The van der Waals surface area contributed by atoms with E-state index < -0.39 is 0 Å². The summed E-state index contributed by atoms with van der Waals surface area (Å²) < 4.78 is 0. The van der Waals surface area contributed by atoms with Gasteiger partial charge in [0.15, 0.2) is 5.78 Å². The fraction of sp³-hybridized carbons (Fsp3) is 0.174. The molecule has 0 saturated carbocycles. The van der Waals surface area contributed by atoms with Crippen molar-refractivity contribution in [2.24, 2.45) is 0 Å². The molecular weight excluding hydrogens is 306 g/mol. The van der Waals surface area contributed by atoms with Crippen molar-refractivity contribution in [3.05, 3.63) is 89.5 Å². The topological polar surface area (TPSA) is 29.1 Å². The summed E-state index contributed by atoms with van der Waals surface area (Å²) >= 11 is 0. The van der Waals surface area contributed by atoms with Gasteiger partial charge in [0.05, 0.1) is 0 Å². The number of fused-ring (bicyclic) bond motifs is 2. The lowest BCUT2D eigenvalue weighted by Crippen LogP contribution is -2.43.